The van der Waals surface area contributed by atoms with E-state index in [1.807, 2.05) is 6.07 Å². The van der Waals surface area contributed by atoms with E-state index in [-0.39, 0.29) is 6.04 Å². The Balaban J connectivity index is 2.00. The van der Waals surface area contributed by atoms with Crippen molar-refractivity contribution in [3.05, 3.63) is 59.2 Å². The van der Waals surface area contributed by atoms with Crippen molar-refractivity contribution in [2.75, 3.05) is 0 Å². The van der Waals surface area contributed by atoms with E-state index in [9.17, 15) is 13.6 Å². The van der Waals surface area contributed by atoms with Crippen molar-refractivity contribution >= 4 is 6.09 Å². The number of aryl methyl sites for hydroxylation is 1. The van der Waals surface area contributed by atoms with E-state index >= 15 is 0 Å². The Kier molecular flexibility index (Phi) is 3.33. The molecule has 0 radical (unpaired) electrons. The molecule has 0 spiro atoms. The normalized spacial score (nSPS) is 16.6. The first kappa shape index (κ1) is 13.5. The number of hydrogen-bond donors (Lipinski definition) is 2. The molecule has 0 aromatic heterocycles. The van der Waals surface area contributed by atoms with Gasteiger partial charge in [-0.1, -0.05) is 12.1 Å². The van der Waals surface area contributed by atoms with E-state index < -0.39 is 17.7 Å². The average molecular weight is 289 g/mol. The zero-order chi connectivity index (χ0) is 15.0. The van der Waals surface area contributed by atoms with Crippen molar-refractivity contribution in [1.29, 1.82) is 0 Å². The summed E-state index contributed by atoms with van der Waals surface area (Å²) in [5.74, 6) is -1.27. The first-order valence-corrected chi connectivity index (χ1v) is 6.61. The van der Waals surface area contributed by atoms with Crippen LogP contribution in [0.15, 0.2) is 36.4 Å². The van der Waals surface area contributed by atoms with Gasteiger partial charge >= 0.3 is 6.09 Å². The van der Waals surface area contributed by atoms with Crippen molar-refractivity contribution in [2.45, 2.75) is 18.9 Å². The minimum absolute atomic E-state index is 0.268. The SMILES string of the molecule is O=C(O)NC1CCc2ccc(-c3cc(F)cc(F)c3)cc21. The quantitative estimate of drug-likeness (QED) is 0.881. The van der Waals surface area contributed by atoms with Gasteiger partial charge in [-0.05, 0) is 53.3 Å². The van der Waals surface area contributed by atoms with Crippen LogP contribution in [-0.4, -0.2) is 11.2 Å². The van der Waals surface area contributed by atoms with Gasteiger partial charge in [-0.2, -0.15) is 0 Å². The highest BCUT2D eigenvalue weighted by atomic mass is 19.1. The van der Waals surface area contributed by atoms with Crippen molar-refractivity contribution in [1.82, 2.24) is 5.32 Å². The van der Waals surface area contributed by atoms with Gasteiger partial charge in [-0.15, -0.1) is 0 Å². The Morgan fingerprint density at radius 2 is 1.81 bits per heavy atom. The van der Waals surface area contributed by atoms with Crippen molar-refractivity contribution in [3.63, 3.8) is 0 Å². The average Bonchev–Trinajstić information content (AvgIpc) is 2.79. The maximum Gasteiger partial charge on any atom is 0.405 e. The van der Waals surface area contributed by atoms with E-state index in [0.29, 0.717) is 17.5 Å². The predicted octanol–water partition coefficient (Wildman–Crippen LogP) is 3.89. The molecule has 108 valence electrons. The van der Waals surface area contributed by atoms with E-state index in [4.69, 9.17) is 5.11 Å². The minimum Gasteiger partial charge on any atom is -0.465 e. The lowest BCUT2D eigenvalue weighted by Crippen LogP contribution is -2.24. The largest absolute Gasteiger partial charge is 0.465 e. The zero-order valence-electron chi connectivity index (χ0n) is 11.1. The number of rotatable bonds is 2. The van der Waals surface area contributed by atoms with E-state index in [1.165, 1.54) is 12.1 Å². The maximum absolute atomic E-state index is 13.3. The fourth-order valence-electron chi connectivity index (χ4n) is 2.80. The number of nitrogens with one attached hydrogen (secondary N) is 1. The third kappa shape index (κ3) is 2.72. The summed E-state index contributed by atoms with van der Waals surface area (Å²) in [6.07, 6.45) is 0.413. The standard InChI is InChI=1S/C16H13F2NO2/c17-12-5-11(6-13(18)8-12)10-2-1-9-3-4-15(14(9)7-10)19-16(20)21/h1-2,5-8,15,19H,3-4H2,(H,20,21). The lowest BCUT2D eigenvalue weighted by Gasteiger charge is -2.13. The van der Waals surface area contributed by atoms with Crippen molar-refractivity contribution in [2.24, 2.45) is 0 Å². The number of hydrogen-bond acceptors (Lipinski definition) is 1. The van der Waals surface area contributed by atoms with Crippen LogP contribution in [0.1, 0.15) is 23.6 Å². The fourth-order valence-corrected chi connectivity index (χ4v) is 2.80. The molecule has 0 bridgehead atoms. The summed E-state index contributed by atoms with van der Waals surface area (Å²) < 4.78 is 26.6. The van der Waals surface area contributed by atoms with Crippen LogP contribution in [0.4, 0.5) is 13.6 Å². The summed E-state index contributed by atoms with van der Waals surface area (Å²) >= 11 is 0. The van der Waals surface area contributed by atoms with Crippen molar-refractivity contribution in [3.8, 4) is 11.1 Å². The topological polar surface area (TPSA) is 49.3 Å². The Hall–Kier alpha value is -2.43. The van der Waals surface area contributed by atoms with E-state index in [0.717, 1.165) is 23.6 Å². The molecule has 0 saturated heterocycles. The Labute approximate surface area is 120 Å². The molecule has 0 saturated carbocycles. The smallest absolute Gasteiger partial charge is 0.405 e. The van der Waals surface area contributed by atoms with E-state index in [1.54, 1.807) is 12.1 Å². The third-order valence-electron chi connectivity index (χ3n) is 3.72. The zero-order valence-corrected chi connectivity index (χ0v) is 11.1. The molecule has 2 aromatic carbocycles. The molecule has 21 heavy (non-hydrogen) atoms. The summed E-state index contributed by atoms with van der Waals surface area (Å²) in [6.45, 7) is 0. The molecule has 1 atom stereocenters. The number of halogens is 2. The molecule has 0 aliphatic heterocycles. The van der Waals surface area contributed by atoms with Crippen LogP contribution in [0.25, 0.3) is 11.1 Å². The van der Waals surface area contributed by atoms with Crippen LogP contribution < -0.4 is 5.32 Å². The van der Waals surface area contributed by atoms with Crippen LogP contribution in [0.5, 0.6) is 0 Å². The molecule has 1 aliphatic carbocycles. The van der Waals surface area contributed by atoms with Gasteiger partial charge in [0.25, 0.3) is 0 Å². The first-order valence-electron chi connectivity index (χ1n) is 6.61. The summed E-state index contributed by atoms with van der Waals surface area (Å²) in [6, 6.07) is 8.57. The Morgan fingerprint density at radius 1 is 1.10 bits per heavy atom. The molecule has 3 nitrogen and oxygen atoms in total. The van der Waals surface area contributed by atoms with Crippen LogP contribution >= 0.6 is 0 Å². The summed E-state index contributed by atoms with van der Waals surface area (Å²) in [5, 5.41) is 11.3. The van der Waals surface area contributed by atoms with Crippen LogP contribution in [0.2, 0.25) is 0 Å². The molecular weight excluding hydrogens is 276 g/mol. The monoisotopic (exact) mass is 289 g/mol. The molecule has 2 aromatic rings. The first-order chi connectivity index (χ1) is 10.0. The highest BCUT2D eigenvalue weighted by Gasteiger charge is 2.24. The highest BCUT2D eigenvalue weighted by molar-refractivity contribution is 5.68. The number of carboxylic acid groups (broad SMARTS) is 1. The molecule has 0 heterocycles. The number of carbonyl (C=O) groups is 1. The second-order valence-corrected chi connectivity index (χ2v) is 5.11. The predicted molar refractivity (Wildman–Crippen MR) is 74.0 cm³/mol. The number of benzene rings is 2. The van der Waals surface area contributed by atoms with Crippen LogP contribution in [0, 0.1) is 11.6 Å². The van der Waals surface area contributed by atoms with Gasteiger partial charge in [0, 0.05) is 6.07 Å². The molecule has 2 N–H and O–H groups in total. The molecule has 1 amide bonds. The third-order valence-corrected chi connectivity index (χ3v) is 3.72. The lowest BCUT2D eigenvalue weighted by atomic mass is 9.99. The van der Waals surface area contributed by atoms with Gasteiger partial charge < -0.3 is 10.4 Å². The van der Waals surface area contributed by atoms with E-state index in [2.05, 4.69) is 5.32 Å². The summed E-state index contributed by atoms with van der Waals surface area (Å²) in [5.41, 5.74) is 3.05. The fraction of sp³-hybridized carbons (Fsp3) is 0.188. The van der Waals surface area contributed by atoms with Gasteiger partial charge in [0.15, 0.2) is 0 Å². The molecular formula is C16H13F2NO2. The maximum atomic E-state index is 13.3. The molecule has 1 aliphatic rings. The van der Waals surface area contributed by atoms with Gasteiger partial charge in [0.05, 0.1) is 6.04 Å². The van der Waals surface area contributed by atoms with Gasteiger partial charge in [-0.25, -0.2) is 13.6 Å². The van der Waals surface area contributed by atoms with Gasteiger partial charge in [-0.3, -0.25) is 0 Å². The summed E-state index contributed by atoms with van der Waals surface area (Å²) in [4.78, 5) is 10.8. The van der Waals surface area contributed by atoms with Crippen LogP contribution in [0.3, 0.4) is 0 Å². The molecule has 3 rings (SSSR count). The number of fused-ring (bicyclic) bond motifs is 1. The molecule has 0 fully saturated rings. The Bertz CT molecular complexity index is 695. The molecule has 5 heteroatoms. The highest BCUT2D eigenvalue weighted by Crippen LogP contribution is 2.34. The van der Waals surface area contributed by atoms with Gasteiger partial charge in [0.1, 0.15) is 11.6 Å². The lowest BCUT2D eigenvalue weighted by molar-refractivity contribution is 0.190. The number of amides is 1. The second kappa shape index (κ2) is 5.16. The molecule has 1 unspecified atom stereocenters. The summed E-state index contributed by atoms with van der Waals surface area (Å²) in [7, 11) is 0. The van der Waals surface area contributed by atoms with Gasteiger partial charge in [0.2, 0.25) is 0 Å². The van der Waals surface area contributed by atoms with Crippen LogP contribution in [-0.2, 0) is 6.42 Å². The Morgan fingerprint density at radius 3 is 2.48 bits per heavy atom. The second-order valence-electron chi connectivity index (χ2n) is 5.11. The minimum atomic E-state index is -1.07. The van der Waals surface area contributed by atoms with Crippen molar-refractivity contribution < 1.29 is 18.7 Å².